The summed E-state index contributed by atoms with van der Waals surface area (Å²) >= 11 is 0. The van der Waals surface area contributed by atoms with Crippen molar-refractivity contribution >= 4 is 0 Å². The van der Waals surface area contributed by atoms with Gasteiger partial charge < -0.3 is 5.32 Å². The third kappa shape index (κ3) is 1.94. The van der Waals surface area contributed by atoms with Crippen LogP contribution in [0.2, 0.25) is 0 Å². The minimum atomic E-state index is -0.157. The summed E-state index contributed by atoms with van der Waals surface area (Å²) in [5.41, 5.74) is 1.30. The molecule has 1 aromatic carbocycles. The van der Waals surface area contributed by atoms with E-state index in [2.05, 4.69) is 11.4 Å². The number of halogens is 1. The molecule has 1 N–H and O–H groups in total. The Labute approximate surface area is 100 Å². The summed E-state index contributed by atoms with van der Waals surface area (Å²) in [6.45, 7) is 0. The van der Waals surface area contributed by atoms with Gasteiger partial charge in [-0.05, 0) is 55.4 Å². The van der Waals surface area contributed by atoms with E-state index in [9.17, 15) is 4.39 Å². The molecule has 2 nitrogen and oxygen atoms in total. The summed E-state index contributed by atoms with van der Waals surface area (Å²) in [6, 6.07) is 7.89. The maximum atomic E-state index is 13.8. The van der Waals surface area contributed by atoms with Crippen LogP contribution < -0.4 is 5.32 Å². The molecule has 2 bridgehead atoms. The first-order valence-corrected chi connectivity index (χ1v) is 6.22. The largest absolute Gasteiger partial charge is 0.311 e. The first kappa shape index (κ1) is 10.7. The quantitative estimate of drug-likeness (QED) is 0.805. The van der Waals surface area contributed by atoms with Crippen molar-refractivity contribution in [3.8, 4) is 6.07 Å². The van der Waals surface area contributed by atoms with Crippen LogP contribution in [0.1, 0.15) is 42.7 Å². The molecular weight excluding hydrogens is 215 g/mol. The minimum Gasteiger partial charge on any atom is -0.311 e. The number of hydrogen-bond donors (Lipinski definition) is 1. The topological polar surface area (TPSA) is 35.8 Å². The molecule has 0 saturated carbocycles. The van der Waals surface area contributed by atoms with Gasteiger partial charge in [0, 0.05) is 12.1 Å². The zero-order valence-electron chi connectivity index (χ0n) is 9.62. The van der Waals surface area contributed by atoms with Crippen molar-refractivity contribution in [2.75, 3.05) is 0 Å². The Morgan fingerprint density at radius 3 is 2.59 bits per heavy atom. The Bertz CT molecular complexity index is 466. The second-order valence-corrected chi connectivity index (χ2v) is 5.15. The van der Waals surface area contributed by atoms with Gasteiger partial charge in [0.1, 0.15) is 5.82 Å². The highest BCUT2D eigenvalue weighted by molar-refractivity contribution is 5.36. The van der Waals surface area contributed by atoms with E-state index in [1.54, 1.807) is 12.1 Å². The normalized spacial score (nSPS) is 31.2. The lowest BCUT2D eigenvalue weighted by molar-refractivity contribution is 0.356. The van der Waals surface area contributed by atoms with Crippen molar-refractivity contribution < 1.29 is 4.39 Å². The van der Waals surface area contributed by atoms with Crippen LogP contribution in [-0.2, 0) is 0 Å². The highest BCUT2D eigenvalue weighted by Gasteiger charge is 2.34. The maximum Gasteiger partial charge on any atom is 0.126 e. The lowest BCUT2D eigenvalue weighted by Crippen LogP contribution is -2.37. The molecule has 17 heavy (non-hydrogen) atoms. The van der Waals surface area contributed by atoms with Gasteiger partial charge in [0.05, 0.1) is 11.6 Å². The second kappa shape index (κ2) is 4.12. The van der Waals surface area contributed by atoms with Crippen molar-refractivity contribution in [3.05, 3.63) is 35.1 Å². The van der Waals surface area contributed by atoms with Crippen molar-refractivity contribution in [2.24, 2.45) is 0 Å². The Morgan fingerprint density at radius 1 is 1.24 bits per heavy atom. The molecule has 1 aromatic rings. The van der Waals surface area contributed by atoms with E-state index in [0.717, 1.165) is 18.4 Å². The van der Waals surface area contributed by atoms with Crippen molar-refractivity contribution in [3.63, 3.8) is 0 Å². The third-order valence-electron chi connectivity index (χ3n) is 4.04. The van der Waals surface area contributed by atoms with E-state index in [4.69, 9.17) is 5.26 Å². The average Bonchev–Trinajstić information content (AvgIpc) is 2.69. The summed E-state index contributed by atoms with van der Waals surface area (Å²) in [5, 5.41) is 12.4. The fourth-order valence-corrected chi connectivity index (χ4v) is 3.24. The third-order valence-corrected chi connectivity index (χ3v) is 4.04. The molecule has 0 spiro atoms. The fourth-order valence-electron chi connectivity index (χ4n) is 3.24. The Morgan fingerprint density at radius 2 is 1.94 bits per heavy atom. The summed E-state index contributed by atoms with van der Waals surface area (Å²) < 4.78 is 13.8. The van der Waals surface area contributed by atoms with E-state index in [0.29, 0.717) is 17.6 Å². The number of nitrogens with zero attached hydrogens (tertiary/aromatic N) is 1. The van der Waals surface area contributed by atoms with E-state index < -0.39 is 0 Å². The summed E-state index contributed by atoms with van der Waals surface area (Å²) in [5.74, 6) is 0.123. The summed E-state index contributed by atoms with van der Waals surface area (Å²) in [7, 11) is 0. The fraction of sp³-hybridized carbons (Fsp3) is 0.500. The van der Waals surface area contributed by atoms with Crippen LogP contribution in [0.3, 0.4) is 0 Å². The lowest BCUT2D eigenvalue weighted by atomic mass is 9.85. The first-order valence-electron chi connectivity index (χ1n) is 6.22. The number of piperidine rings is 1. The Balaban J connectivity index is 1.91. The number of hydrogen-bond acceptors (Lipinski definition) is 2. The lowest BCUT2D eigenvalue weighted by Gasteiger charge is -2.29. The van der Waals surface area contributed by atoms with E-state index in [1.807, 2.05) is 0 Å². The molecule has 3 rings (SSSR count). The van der Waals surface area contributed by atoms with Gasteiger partial charge in [-0.2, -0.15) is 5.26 Å². The zero-order chi connectivity index (χ0) is 11.8. The Kier molecular flexibility index (Phi) is 2.60. The number of rotatable bonds is 1. The minimum absolute atomic E-state index is 0.157. The number of nitriles is 1. The molecule has 3 heteroatoms. The molecular formula is C14H15FN2. The maximum absolute atomic E-state index is 13.8. The van der Waals surface area contributed by atoms with Crippen LogP contribution in [0.15, 0.2) is 18.2 Å². The molecule has 0 amide bonds. The van der Waals surface area contributed by atoms with Crippen molar-refractivity contribution in [1.29, 1.82) is 5.26 Å². The van der Waals surface area contributed by atoms with Crippen molar-refractivity contribution in [1.82, 2.24) is 5.32 Å². The number of benzene rings is 1. The van der Waals surface area contributed by atoms with Gasteiger partial charge in [-0.3, -0.25) is 0 Å². The van der Waals surface area contributed by atoms with Gasteiger partial charge >= 0.3 is 0 Å². The highest BCUT2D eigenvalue weighted by Crippen LogP contribution is 2.38. The van der Waals surface area contributed by atoms with Gasteiger partial charge in [0.15, 0.2) is 0 Å². The van der Waals surface area contributed by atoms with Crippen LogP contribution in [-0.4, -0.2) is 12.1 Å². The molecule has 1 unspecified atom stereocenters. The average molecular weight is 230 g/mol. The molecule has 2 heterocycles. The highest BCUT2D eigenvalue weighted by atomic mass is 19.1. The van der Waals surface area contributed by atoms with Crippen molar-refractivity contribution in [2.45, 2.75) is 43.7 Å². The molecule has 2 aliphatic rings. The standard InChI is InChI=1S/C14H15FN2/c15-14-4-1-9(8-16)5-13(14)10-6-11-2-3-12(7-10)17-11/h1,4-5,10-12,17H,2-3,6-7H2/t10?,11-,12+. The van der Waals surface area contributed by atoms with E-state index in [1.165, 1.54) is 18.9 Å². The second-order valence-electron chi connectivity index (χ2n) is 5.15. The smallest absolute Gasteiger partial charge is 0.126 e. The molecule has 0 aromatic heterocycles. The van der Waals surface area contributed by atoms with Gasteiger partial charge in [-0.15, -0.1) is 0 Å². The van der Waals surface area contributed by atoms with E-state index >= 15 is 0 Å². The number of nitrogens with one attached hydrogen (secondary N) is 1. The van der Waals surface area contributed by atoms with Crippen LogP contribution in [0.25, 0.3) is 0 Å². The molecule has 2 saturated heterocycles. The summed E-state index contributed by atoms with van der Waals surface area (Å²) in [4.78, 5) is 0. The molecule has 2 aliphatic heterocycles. The SMILES string of the molecule is N#Cc1ccc(F)c(C2C[C@H]3CC[C@@H](C2)N3)c1. The van der Waals surface area contributed by atoms with E-state index in [-0.39, 0.29) is 11.7 Å². The van der Waals surface area contributed by atoms with Gasteiger partial charge in [0.25, 0.3) is 0 Å². The van der Waals surface area contributed by atoms with Crippen LogP contribution in [0.4, 0.5) is 4.39 Å². The monoisotopic (exact) mass is 230 g/mol. The predicted octanol–water partition coefficient (Wildman–Crippen LogP) is 2.70. The zero-order valence-corrected chi connectivity index (χ0v) is 9.62. The van der Waals surface area contributed by atoms with Gasteiger partial charge in [-0.1, -0.05) is 0 Å². The molecule has 2 fully saturated rings. The molecule has 0 aliphatic carbocycles. The Hall–Kier alpha value is -1.40. The van der Waals surface area contributed by atoms with Crippen LogP contribution in [0, 0.1) is 17.1 Å². The first-order chi connectivity index (χ1) is 8.26. The summed E-state index contributed by atoms with van der Waals surface area (Å²) in [6.07, 6.45) is 4.42. The van der Waals surface area contributed by atoms with Gasteiger partial charge in [0.2, 0.25) is 0 Å². The number of fused-ring (bicyclic) bond motifs is 2. The molecule has 0 radical (unpaired) electrons. The van der Waals surface area contributed by atoms with Crippen LogP contribution in [0.5, 0.6) is 0 Å². The predicted molar refractivity (Wildman–Crippen MR) is 63.0 cm³/mol. The molecule has 88 valence electrons. The van der Waals surface area contributed by atoms with Crippen LogP contribution >= 0.6 is 0 Å². The van der Waals surface area contributed by atoms with Gasteiger partial charge in [-0.25, -0.2) is 4.39 Å². The molecule has 3 atom stereocenters.